The second-order valence-corrected chi connectivity index (χ2v) is 15.9. The SMILES string of the molecule is [2H]c1c(-c2ccc3c(c2)c2cccc(-c4cccc(-c5ccccc5)c4)c2n3-c2ccc(-c3ccccc3)cc2)c([2H])c2c3ccccc3n(-c3ccc(-c4ccccc4)cc3)c2c1[2H]. The molecular weight excluding hydrogens is 749 g/mol. The highest BCUT2D eigenvalue weighted by Gasteiger charge is 2.19. The molecule has 0 aliphatic rings. The van der Waals surface area contributed by atoms with E-state index in [9.17, 15) is 4.11 Å². The van der Waals surface area contributed by atoms with Gasteiger partial charge in [0.1, 0.15) is 0 Å². The van der Waals surface area contributed by atoms with E-state index in [0.717, 1.165) is 94.2 Å². The maximum atomic E-state index is 9.94. The molecule has 62 heavy (non-hydrogen) atoms. The maximum Gasteiger partial charge on any atom is 0.0645 e. The largest absolute Gasteiger partial charge is 0.309 e. The van der Waals surface area contributed by atoms with E-state index in [-0.39, 0.29) is 18.1 Å². The molecule has 2 aromatic heterocycles. The van der Waals surface area contributed by atoms with E-state index in [0.29, 0.717) is 16.5 Å². The van der Waals surface area contributed by atoms with Crippen LogP contribution in [0.3, 0.4) is 0 Å². The van der Waals surface area contributed by atoms with Crippen LogP contribution in [-0.2, 0) is 0 Å². The van der Waals surface area contributed by atoms with Crippen molar-refractivity contribution in [2.75, 3.05) is 0 Å². The maximum absolute atomic E-state index is 9.94. The lowest BCUT2D eigenvalue weighted by atomic mass is 9.97. The van der Waals surface area contributed by atoms with Crippen molar-refractivity contribution >= 4 is 43.6 Å². The molecule has 0 bridgehead atoms. The number of aromatic nitrogens is 2. The van der Waals surface area contributed by atoms with Crippen LogP contribution in [0.25, 0.3) is 111 Å². The molecule has 0 N–H and O–H groups in total. The molecule has 2 nitrogen and oxygen atoms in total. The minimum atomic E-state index is 0.0328. The molecule has 0 saturated carbocycles. The predicted molar refractivity (Wildman–Crippen MR) is 262 cm³/mol. The molecule has 0 unspecified atom stereocenters. The van der Waals surface area contributed by atoms with E-state index in [2.05, 4.69) is 173 Å². The first-order valence-electron chi connectivity index (χ1n) is 22.6. The molecule has 0 aliphatic carbocycles. The third-order valence-corrected chi connectivity index (χ3v) is 12.3. The zero-order valence-corrected chi connectivity index (χ0v) is 33.8. The van der Waals surface area contributed by atoms with Gasteiger partial charge in [-0.05, 0) is 111 Å². The van der Waals surface area contributed by atoms with Crippen LogP contribution in [-0.4, -0.2) is 9.13 Å². The number of hydrogen-bond donors (Lipinski definition) is 0. The van der Waals surface area contributed by atoms with E-state index in [1.165, 1.54) is 0 Å². The van der Waals surface area contributed by atoms with Crippen LogP contribution >= 0.6 is 0 Å². The quantitative estimate of drug-likeness (QED) is 0.152. The fraction of sp³-hybridized carbons (Fsp3) is 0. The molecule has 0 spiro atoms. The number of nitrogens with zero attached hydrogens (tertiary/aromatic N) is 2. The van der Waals surface area contributed by atoms with Crippen molar-refractivity contribution in [3.8, 4) is 67.0 Å². The van der Waals surface area contributed by atoms with Gasteiger partial charge in [-0.3, -0.25) is 0 Å². The normalized spacial score (nSPS) is 12.2. The van der Waals surface area contributed by atoms with Gasteiger partial charge in [-0.1, -0.05) is 182 Å². The first-order chi connectivity index (χ1) is 32.0. The van der Waals surface area contributed by atoms with Crippen LogP contribution in [0, 0.1) is 0 Å². The van der Waals surface area contributed by atoms with Gasteiger partial charge in [-0.15, -0.1) is 0 Å². The monoisotopic (exact) mass is 791 g/mol. The zero-order valence-electron chi connectivity index (χ0n) is 36.8. The van der Waals surface area contributed by atoms with Crippen molar-refractivity contribution in [1.29, 1.82) is 0 Å². The van der Waals surface area contributed by atoms with Crippen molar-refractivity contribution in [3.63, 3.8) is 0 Å². The van der Waals surface area contributed by atoms with Gasteiger partial charge in [0.25, 0.3) is 0 Å². The molecule has 0 aliphatic heterocycles. The molecule has 0 radical (unpaired) electrons. The van der Waals surface area contributed by atoms with Gasteiger partial charge in [0.15, 0.2) is 0 Å². The zero-order chi connectivity index (χ0) is 43.6. The average molecular weight is 792 g/mol. The lowest BCUT2D eigenvalue weighted by Crippen LogP contribution is -1.96. The highest BCUT2D eigenvalue weighted by atomic mass is 15.0. The molecule has 0 saturated heterocycles. The molecule has 0 fully saturated rings. The number of para-hydroxylation sites is 2. The smallest absolute Gasteiger partial charge is 0.0645 e. The number of rotatable bonds is 7. The van der Waals surface area contributed by atoms with E-state index in [4.69, 9.17) is 0 Å². The number of hydrogen-bond acceptors (Lipinski definition) is 0. The highest BCUT2D eigenvalue weighted by molar-refractivity contribution is 6.15. The second-order valence-electron chi connectivity index (χ2n) is 15.9. The highest BCUT2D eigenvalue weighted by Crippen LogP contribution is 2.42. The Hall–Kier alpha value is -8.20. The van der Waals surface area contributed by atoms with Crippen LogP contribution < -0.4 is 0 Å². The Morgan fingerprint density at radius 3 is 1.44 bits per heavy atom. The van der Waals surface area contributed by atoms with Crippen molar-refractivity contribution < 1.29 is 4.11 Å². The number of fused-ring (bicyclic) bond motifs is 6. The van der Waals surface area contributed by atoms with Crippen LogP contribution in [0.2, 0.25) is 0 Å². The molecule has 12 rings (SSSR count). The molecule has 0 amide bonds. The summed E-state index contributed by atoms with van der Waals surface area (Å²) >= 11 is 0. The first kappa shape index (κ1) is 32.6. The average Bonchev–Trinajstić information content (AvgIpc) is 3.90. The lowest BCUT2D eigenvalue weighted by Gasteiger charge is -2.13. The fourth-order valence-electron chi connectivity index (χ4n) is 9.26. The Balaban J connectivity index is 1.07. The summed E-state index contributed by atoms with van der Waals surface area (Å²) in [5.41, 5.74) is 15.7. The van der Waals surface area contributed by atoms with Crippen molar-refractivity contribution in [2.24, 2.45) is 0 Å². The van der Waals surface area contributed by atoms with Crippen molar-refractivity contribution in [1.82, 2.24) is 9.13 Å². The Kier molecular flexibility index (Phi) is 7.79. The summed E-state index contributed by atoms with van der Waals surface area (Å²) in [6, 6.07) is 78.3. The van der Waals surface area contributed by atoms with E-state index >= 15 is 0 Å². The first-order valence-corrected chi connectivity index (χ1v) is 21.1. The van der Waals surface area contributed by atoms with Crippen LogP contribution in [0.15, 0.2) is 243 Å². The molecular formula is C60H40N2. The third kappa shape index (κ3) is 6.04. The summed E-state index contributed by atoms with van der Waals surface area (Å²) in [5.74, 6) is 0. The van der Waals surface area contributed by atoms with Gasteiger partial charge in [0, 0.05) is 38.5 Å². The third-order valence-electron chi connectivity index (χ3n) is 12.3. The van der Waals surface area contributed by atoms with Crippen molar-refractivity contribution in [2.45, 2.75) is 0 Å². The van der Waals surface area contributed by atoms with Gasteiger partial charge >= 0.3 is 0 Å². The topological polar surface area (TPSA) is 9.86 Å². The summed E-state index contributed by atoms with van der Waals surface area (Å²) in [5, 5.41) is 3.63. The summed E-state index contributed by atoms with van der Waals surface area (Å²) in [6.45, 7) is 0. The van der Waals surface area contributed by atoms with Gasteiger partial charge < -0.3 is 9.13 Å². The Labute approximate surface area is 365 Å². The molecule has 2 heterocycles. The molecule has 12 aromatic rings. The minimum absolute atomic E-state index is 0.0328. The lowest BCUT2D eigenvalue weighted by molar-refractivity contribution is 1.18. The predicted octanol–water partition coefficient (Wildman–Crippen LogP) is 16.2. The van der Waals surface area contributed by atoms with E-state index in [1.807, 2.05) is 60.7 Å². The van der Waals surface area contributed by atoms with Crippen LogP contribution in [0.4, 0.5) is 0 Å². The fourth-order valence-corrected chi connectivity index (χ4v) is 9.26. The number of benzene rings is 10. The van der Waals surface area contributed by atoms with Gasteiger partial charge in [-0.2, -0.15) is 0 Å². The second kappa shape index (κ2) is 14.8. The van der Waals surface area contributed by atoms with Crippen LogP contribution in [0.1, 0.15) is 4.11 Å². The molecule has 10 aromatic carbocycles. The summed E-state index contributed by atoms with van der Waals surface area (Å²) in [4.78, 5) is 0. The summed E-state index contributed by atoms with van der Waals surface area (Å²) in [6.07, 6.45) is 0. The van der Waals surface area contributed by atoms with Gasteiger partial charge in [-0.25, -0.2) is 0 Å². The van der Waals surface area contributed by atoms with Crippen LogP contribution in [0.5, 0.6) is 0 Å². The van der Waals surface area contributed by atoms with E-state index in [1.54, 1.807) is 0 Å². The summed E-state index contributed by atoms with van der Waals surface area (Å²) in [7, 11) is 0. The molecule has 290 valence electrons. The summed E-state index contributed by atoms with van der Waals surface area (Å²) < 4.78 is 33.7. The molecule has 0 atom stereocenters. The minimum Gasteiger partial charge on any atom is -0.309 e. The Morgan fingerprint density at radius 2 is 0.758 bits per heavy atom. The Morgan fingerprint density at radius 1 is 0.274 bits per heavy atom. The van der Waals surface area contributed by atoms with E-state index < -0.39 is 0 Å². The van der Waals surface area contributed by atoms with Gasteiger partial charge in [0.05, 0.1) is 26.2 Å². The van der Waals surface area contributed by atoms with Crippen molar-refractivity contribution in [3.05, 3.63) is 243 Å². The standard InChI is InChI=1S/C60H40N2/c1-4-14-41(15-5-1)44-26-32-50(33-27-44)61-57-25-11-10-22-53(57)55-39-47(30-36-58(55)61)48-31-37-59-56(40-48)54-24-13-23-52(49-21-12-20-46(38-49)43-18-8-3-9-19-43)60(54)62(59)51-34-28-45(29-35-51)42-16-6-2-7-17-42/h1-40H/i30D,36D,39D. The van der Waals surface area contributed by atoms with Gasteiger partial charge in [0.2, 0.25) is 0 Å². The Bertz CT molecular complexity index is 3760. The molecule has 2 heteroatoms.